The molecule has 0 aliphatic carbocycles. The Morgan fingerprint density at radius 1 is 1.15 bits per heavy atom. The number of aromatic nitrogens is 3. The number of aryl methyl sites for hydroxylation is 1. The highest BCUT2D eigenvalue weighted by Crippen LogP contribution is 2.30. The number of benzene rings is 1. The van der Waals surface area contributed by atoms with Gasteiger partial charge in [0.2, 0.25) is 0 Å². The lowest BCUT2D eigenvalue weighted by Gasteiger charge is -2.07. The zero-order valence-corrected chi connectivity index (χ0v) is 12.5. The molecule has 0 aliphatic rings. The Morgan fingerprint density at radius 2 is 1.85 bits per heavy atom. The van der Waals surface area contributed by atoms with Crippen LogP contribution in [0.5, 0.6) is 0 Å². The summed E-state index contributed by atoms with van der Waals surface area (Å²) in [6.45, 7) is 6.21. The van der Waals surface area contributed by atoms with Crippen molar-refractivity contribution in [1.82, 2.24) is 14.6 Å². The highest BCUT2D eigenvalue weighted by molar-refractivity contribution is 6.29. The minimum absolute atomic E-state index is 0.330. The minimum Gasteiger partial charge on any atom is -0.233 e. The Morgan fingerprint density at radius 3 is 2.50 bits per heavy atom. The maximum absolute atomic E-state index is 6.34. The molecule has 0 spiro atoms. The molecule has 3 rings (SSSR count). The highest BCUT2D eigenvalue weighted by atomic mass is 35.5. The first-order chi connectivity index (χ1) is 9.58. The third-order valence-electron chi connectivity index (χ3n) is 3.39. The van der Waals surface area contributed by atoms with Crippen LogP contribution in [0.25, 0.3) is 16.8 Å². The van der Waals surface area contributed by atoms with E-state index in [0.717, 1.165) is 28.2 Å². The Balaban J connectivity index is 2.34. The van der Waals surface area contributed by atoms with Crippen molar-refractivity contribution in [3.63, 3.8) is 0 Å². The van der Waals surface area contributed by atoms with Gasteiger partial charge in [0.1, 0.15) is 5.15 Å². The summed E-state index contributed by atoms with van der Waals surface area (Å²) in [4.78, 5) is 4.75. The van der Waals surface area contributed by atoms with Gasteiger partial charge in [-0.3, -0.25) is 0 Å². The van der Waals surface area contributed by atoms with Crippen LogP contribution in [0.1, 0.15) is 31.2 Å². The molecule has 3 aromatic rings. The minimum atomic E-state index is 0.330. The predicted octanol–water partition coefficient (Wildman–Crippen LogP) is 4.48. The van der Waals surface area contributed by atoms with Crippen molar-refractivity contribution >= 4 is 17.2 Å². The largest absolute Gasteiger partial charge is 0.233 e. The van der Waals surface area contributed by atoms with Gasteiger partial charge in [0.15, 0.2) is 5.65 Å². The molecular weight excluding hydrogens is 270 g/mol. The van der Waals surface area contributed by atoms with Crippen molar-refractivity contribution in [2.24, 2.45) is 0 Å². The summed E-state index contributed by atoms with van der Waals surface area (Å²) in [5.74, 6) is 0.330. The smallest absolute Gasteiger partial charge is 0.165 e. The average molecular weight is 286 g/mol. The van der Waals surface area contributed by atoms with E-state index in [1.54, 1.807) is 4.52 Å². The van der Waals surface area contributed by atoms with E-state index in [4.69, 9.17) is 16.6 Å². The molecule has 0 aliphatic heterocycles. The number of nitrogens with zero attached hydrogens (tertiary/aromatic N) is 3. The number of hydrogen-bond donors (Lipinski definition) is 0. The molecule has 2 heterocycles. The maximum Gasteiger partial charge on any atom is 0.165 e. The van der Waals surface area contributed by atoms with Crippen molar-refractivity contribution in [1.29, 1.82) is 0 Å². The molecule has 0 amide bonds. The van der Waals surface area contributed by atoms with Crippen LogP contribution >= 0.6 is 11.6 Å². The summed E-state index contributed by atoms with van der Waals surface area (Å²) < 4.78 is 1.71. The van der Waals surface area contributed by atoms with E-state index < -0.39 is 0 Å². The second-order valence-electron chi connectivity index (χ2n) is 5.22. The highest BCUT2D eigenvalue weighted by Gasteiger charge is 2.16. The monoisotopic (exact) mass is 285 g/mol. The van der Waals surface area contributed by atoms with E-state index in [2.05, 4.69) is 31.1 Å². The van der Waals surface area contributed by atoms with Crippen molar-refractivity contribution in [2.75, 3.05) is 0 Å². The van der Waals surface area contributed by atoms with Gasteiger partial charge in [0.25, 0.3) is 0 Å². The van der Waals surface area contributed by atoms with Gasteiger partial charge in [-0.1, -0.05) is 55.8 Å². The van der Waals surface area contributed by atoms with Gasteiger partial charge in [0, 0.05) is 11.3 Å². The van der Waals surface area contributed by atoms with E-state index in [1.165, 1.54) is 0 Å². The van der Waals surface area contributed by atoms with Crippen LogP contribution in [0, 0.1) is 6.92 Å². The number of halogens is 1. The lowest BCUT2D eigenvalue weighted by atomic mass is 10.1. The fourth-order valence-electron chi connectivity index (χ4n) is 2.34. The van der Waals surface area contributed by atoms with Crippen LogP contribution in [0.4, 0.5) is 0 Å². The van der Waals surface area contributed by atoms with Crippen LogP contribution in [-0.2, 0) is 0 Å². The second kappa shape index (κ2) is 4.91. The Hall–Kier alpha value is -1.87. The van der Waals surface area contributed by atoms with Gasteiger partial charge in [-0.2, -0.15) is 5.10 Å². The van der Waals surface area contributed by atoms with Crippen LogP contribution in [0.2, 0.25) is 5.15 Å². The topological polar surface area (TPSA) is 30.2 Å². The molecule has 0 radical (unpaired) electrons. The molecule has 0 bridgehead atoms. The van der Waals surface area contributed by atoms with Crippen molar-refractivity contribution < 1.29 is 0 Å². The molecule has 0 fully saturated rings. The molecule has 0 unspecified atom stereocenters. The summed E-state index contributed by atoms with van der Waals surface area (Å²) in [7, 11) is 0. The van der Waals surface area contributed by atoms with Gasteiger partial charge in [0.05, 0.1) is 5.69 Å². The number of rotatable bonds is 2. The van der Waals surface area contributed by atoms with Gasteiger partial charge < -0.3 is 0 Å². The predicted molar refractivity (Wildman–Crippen MR) is 82.3 cm³/mol. The van der Waals surface area contributed by atoms with E-state index in [0.29, 0.717) is 11.1 Å². The Labute approximate surface area is 123 Å². The maximum atomic E-state index is 6.34. The lowest BCUT2D eigenvalue weighted by Crippen LogP contribution is -1.99. The molecular formula is C16H16ClN3. The van der Waals surface area contributed by atoms with Crippen LogP contribution < -0.4 is 0 Å². The first-order valence-corrected chi connectivity index (χ1v) is 7.07. The quantitative estimate of drug-likeness (QED) is 0.650. The first-order valence-electron chi connectivity index (χ1n) is 6.69. The van der Waals surface area contributed by atoms with Crippen molar-refractivity contribution in [2.45, 2.75) is 26.7 Å². The average Bonchev–Trinajstić information content (AvgIpc) is 2.76. The fraction of sp³-hybridized carbons (Fsp3) is 0.250. The molecule has 0 saturated heterocycles. The van der Waals surface area contributed by atoms with E-state index in [1.807, 2.05) is 31.2 Å². The third kappa shape index (κ3) is 2.08. The normalized spacial score (nSPS) is 11.4. The molecule has 1 aromatic carbocycles. The molecule has 0 saturated carbocycles. The van der Waals surface area contributed by atoms with Crippen LogP contribution in [0.3, 0.4) is 0 Å². The standard InChI is InChI=1S/C16H16ClN3/c1-10(2)13-9-14(17)20-16(18-13)15(11(3)19-20)12-7-5-4-6-8-12/h4-10H,1-3H3. The molecule has 102 valence electrons. The SMILES string of the molecule is Cc1nn2c(Cl)cc(C(C)C)nc2c1-c1ccccc1. The molecule has 20 heavy (non-hydrogen) atoms. The molecule has 2 aromatic heterocycles. The molecule has 4 heteroatoms. The number of fused-ring (bicyclic) bond motifs is 1. The molecule has 0 atom stereocenters. The summed E-state index contributed by atoms with van der Waals surface area (Å²) in [5.41, 5.74) is 4.91. The summed E-state index contributed by atoms with van der Waals surface area (Å²) in [6.07, 6.45) is 0. The van der Waals surface area contributed by atoms with Gasteiger partial charge >= 0.3 is 0 Å². The summed E-state index contributed by atoms with van der Waals surface area (Å²) >= 11 is 6.34. The van der Waals surface area contributed by atoms with Crippen LogP contribution in [0.15, 0.2) is 36.4 Å². The molecule has 0 N–H and O–H groups in total. The second-order valence-corrected chi connectivity index (χ2v) is 5.61. The van der Waals surface area contributed by atoms with E-state index in [9.17, 15) is 0 Å². The van der Waals surface area contributed by atoms with Crippen molar-refractivity contribution in [3.05, 3.63) is 52.9 Å². The Bertz CT molecular complexity index is 760. The summed E-state index contributed by atoms with van der Waals surface area (Å²) in [6, 6.07) is 12.1. The fourth-order valence-corrected chi connectivity index (χ4v) is 2.57. The van der Waals surface area contributed by atoms with Gasteiger partial charge in [-0.05, 0) is 24.5 Å². The van der Waals surface area contributed by atoms with Gasteiger partial charge in [-0.25, -0.2) is 9.50 Å². The van der Waals surface area contributed by atoms with E-state index >= 15 is 0 Å². The number of hydrogen-bond acceptors (Lipinski definition) is 2. The van der Waals surface area contributed by atoms with Gasteiger partial charge in [-0.15, -0.1) is 0 Å². The zero-order valence-electron chi connectivity index (χ0n) is 11.8. The van der Waals surface area contributed by atoms with Crippen molar-refractivity contribution in [3.8, 4) is 11.1 Å². The van der Waals surface area contributed by atoms with E-state index in [-0.39, 0.29) is 0 Å². The lowest BCUT2D eigenvalue weighted by molar-refractivity contribution is 0.807. The van der Waals surface area contributed by atoms with Crippen LogP contribution in [-0.4, -0.2) is 14.6 Å². The third-order valence-corrected chi connectivity index (χ3v) is 3.66. The Kier molecular flexibility index (Phi) is 3.22. The zero-order chi connectivity index (χ0) is 14.3. The first kappa shape index (κ1) is 13.1. The summed E-state index contributed by atoms with van der Waals surface area (Å²) in [5, 5.41) is 5.11. The molecule has 3 nitrogen and oxygen atoms in total.